The molecule has 0 aliphatic rings. The highest BCUT2D eigenvalue weighted by atomic mass is 15.1. The second-order valence-electron chi connectivity index (χ2n) is 6.93. The molecule has 0 heterocycles. The van der Waals surface area contributed by atoms with Crippen LogP contribution in [0.1, 0.15) is 72.6 Å². The van der Waals surface area contributed by atoms with Gasteiger partial charge in [-0.05, 0) is 72.3 Å². The quantitative estimate of drug-likeness (QED) is 0.188. The smallest absolute Gasteiger partial charge is 0.0142 e. The Balaban J connectivity index is 4.28. The normalized spacial score (nSPS) is 13.0. The van der Waals surface area contributed by atoms with Gasteiger partial charge < -0.3 is 4.90 Å². The molecule has 0 saturated carbocycles. The van der Waals surface area contributed by atoms with E-state index in [0.717, 1.165) is 37.8 Å². The van der Waals surface area contributed by atoms with E-state index in [0.29, 0.717) is 0 Å². The maximum Gasteiger partial charge on any atom is 0.0142 e. The van der Waals surface area contributed by atoms with Crippen molar-refractivity contribution < 1.29 is 0 Å². The minimum atomic E-state index is 0.904. The number of allylic oxidation sites excluding steroid dienone is 9. The van der Waals surface area contributed by atoms with Crippen LogP contribution in [0.5, 0.6) is 0 Å². The molecule has 0 aromatic heterocycles. The van der Waals surface area contributed by atoms with Crippen LogP contribution >= 0.6 is 0 Å². The molecule has 0 rings (SSSR count). The summed E-state index contributed by atoms with van der Waals surface area (Å²) in [5.41, 5.74) is 5.08. The lowest BCUT2D eigenvalue weighted by Gasteiger charge is -2.21. The Bertz CT molecular complexity index is 514. The summed E-state index contributed by atoms with van der Waals surface area (Å²) in [4.78, 5) is 2.18. The Labute approximate surface area is 157 Å². The minimum absolute atomic E-state index is 0.904. The number of hydrogen-bond acceptors (Lipinski definition) is 1. The Morgan fingerprint density at radius 3 is 2.16 bits per heavy atom. The fraction of sp³-hybridized carbons (Fsp3) is 0.500. The van der Waals surface area contributed by atoms with Crippen LogP contribution in [0.4, 0.5) is 0 Å². The third-order valence-corrected chi connectivity index (χ3v) is 4.29. The summed E-state index contributed by atoms with van der Waals surface area (Å²) in [6.07, 6.45) is 21.1. The molecule has 0 spiro atoms. The minimum Gasteiger partial charge on any atom is -0.352 e. The van der Waals surface area contributed by atoms with E-state index in [1.54, 1.807) is 0 Å². The summed E-state index contributed by atoms with van der Waals surface area (Å²) in [6.45, 7) is 16.7. The van der Waals surface area contributed by atoms with Gasteiger partial charge in [0.25, 0.3) is 0 Å². The van der Waals surface area contributed by atoms with Crippen LogP contribution in [0.15, 0.2) is 72.2 Å². The zero-order chi connectivity index (χ0) is 19.1. The fourth-order valence-corrected chi connectivity index (χ4v) is 2.37. The van der Waals surface area contributed by atoms with Crippen molar-refractivity contribution in [3.05, 3.63) is 72.2 Å². The first-order valence-electron chi connectivity index (χ1n) is 9.54. The highest BCUT2D eigenvalue weighted by molar-refractivity contribution is 5.18. The molecule has 1 heteroatoms. The van der Waals surface area contributed by atoms with Gasteiger partial charge in [-0.2, -0.15) is 0 Å². The molecular formula is C24H39N. The molecule has 0 unspecified atom stereocenters. The lowest BCUT2D eigenvalue weighted by Crippen LogP contribution is -2.13. The van der Waals surface area contributed by atoms with Gasteiger partial charge in [0.1, 0.15) is 0 Å². The van der Waals surface area contributed by atoms with Crippen LogP contribution < -0.4 is 0 Å². The van der Waals surface area contributed by atoms with E-state index >= 15 is 0 Å². The Morgan fingerprint density at radius 2 is 1.52 bits per heavy atom. The molecule has 0 atom stereocenters. The molecule has 0 aliphatic heterocycles. The molecule has 0 N–H and O–H groups in total. The van der Waals surface area contributed by atoms with Gasteiger partial charge in [0.2, 0.25) is 0 Å². The summed E-state index contributed by atoms with van der Waals surface area (Å²) in [7, 11) is 2.10. The predicted octanol–water partition coefficient (Wildman–Crippen LogP) is 7.72. The first-order valence-corrected chi connectivity index (χ1v) is 9.54. The molecule has 1 nitrogen and oxygen atoms in total. The van der Waals surface area contributed by atoms with Crippen molar-refractivity contribution in [2.75, 3.05) is 7.05 Å². The van der Waals surface area contributed by atoms with E-state index in [1.165, 1.54) is 29.7 Å². The van der Waals surface area contributed by atoms with Gasteiger partial charge in [0.15, 0.2) is 0 Å². The summed E-state index contributed by atoms with van der Waals surface area (Å²) in [5, 5.41) is 0. The van der Waals surface area contributed by atoms with Gasteiger partial charge in [-0.15, -0.1) is 6.58 Å². The lowest BCUT2D eigenvalue weighted by atomic mass is 10.1. The standard InChI is InChI=1S/C24H39N/c1-8-9-10-11-12-13-18-23(5)25(7)24(6)20-19-22(4)17-15-14-16-21(2)3/h8-9,12-13,19-20H,2,5,10-11,14-18H2,1,3-4,6-7H3/b9-8-,13-12+,22-19+,24-20+. The summed E-state index contributed by atoms with van der Waals surface area (Å²) < 4.78 is 0. The van der Waals surface area contributed by atoms with E-state index in [-0.39, 0.29) is 0 Å². The van der Waals surface area contributed by atoms with E-state index < -0.39 is 0 Å². The van der Waals surface area contributed by atoms with Crippen molar-refractivity contribution in [1.82, 2.24) is 4.90 Å². The lowest BCUT2D eigenvalue weighted by molar-refractivity contribution is 0.512. The Kier molecular flexibility index (Phi) is 13.5. The van der Waals surface area contributed by atoms with E-state index in [1.807, 2.05) is 0 Å². The topological polar surface area (TPSA) is 3.24 Å². The average molecular weight is 342 g/mol. The van der Waals surface area contributed by atoms with Gasteiger partial charge in [0, 0.05) is 24.9 Å². The monoisotopic (exact) mass is 341 g/mol. The Hall–Kier alpha value is -1.76. The van der Waals surface area contributed by atoms with Crippen molar-refractivity contribution in [3.63, 3.8) is 0 Å². The molecule has 0 radical (unpaired) electrons. The molecule has 0 aromatic carbocycles. The summed E-state index contributed by atoms with van der Waals surface area (Å²) >= 11 is 0. The van der Waals surface area contributed by atoms with Crippen molar-refractivity contribution in [1.29, 1.82) is 0 Å². The molecule has 0 bridgehead atoms. The highest BCUT2D eigenvalue weighted by Gasteiger charge is 2.01. The van der Waals surface area contributed by atoms with Crippen LogP contribution in [-0.2, 0) is 0 Å². The predicted molar refractivity (Wildman–Crippen MR) is 116 cm³/mol. The van der Waals surface area contributed by atoms with E-state index in [2.05, 4.69) is 89.3 Å². The van der Waals surface area contributed by atoms with E-state index in [9.17, 15) is 0 Å². The van der Waals surface area contributed by atoms with Crippen molar-refractivity contribution >= 4 is 0 Å². The van der Waals surface area contributed by atoms with Crippen LogP contribution in [0.25, 0.3) is 0 Å². The molecule has 0 aromatic rings. The summed E-state index contributed by atoms with van der Waals surface area (Å²) in [5.74, 6) is 0. The maximum atomic E-state index is 4.20. The number of hydrogen-bond donors (Lipinski definition) is 0. The number of nitrogens with zero attached hydrogens (tertiary/aromatic N) is 1. The molecule has 0 aliphatic carbocycles. The van der Waals surface area contributed by atoms with Crippen LogP contribution in [0.3, 0.4) is 0 Å². The molecule has 140 valence electrons. The highest BCUT2D eigenvalue weighted by Crippen LogP contribution is 2.15. The second-order valence-corrected chi connectivity index (χ2v) is 6.93. The molecular weight excluding hydrogens is 302 g/mol. The molecule has 0 fully saturated rings. The SMILES string of the molecule is C=C(C)CCCC/C(C)=C/C=C(\C)N(C)C(=C)C/C=C/CC/C=C\C. The van der Waals surface area contributed by atoms with Crippen molar-refractivity contribution in [2.45, 2.75) is 72.6 Å². The third-order valence-electron chi connectivity index (χ3n) is 4.29. The Morgan fingerprint density at radius 1 is 0.880 bits per heavy atom. The second kappa shape index (κ2) is 14.6. The van der Waals surface area contributed by atoms with Gasteiger partial charge in [-0.25, -0.2) is 0 Å². The largest absolute Gasteiger partial charge is 0.352 e. The van der Waals surface area contributed by atoms with Crippen LogP contribution in [-0.4, -0.2) is 11.9 Å². The van der Waals surface area contributed by atoms with Gasteiger partial charge in [-0.3, -0.25) is 0 Å². The zero-order valence-electron chi connectivity index (χ0n) is 17.3. The van der Waals surface area contributed by atoms with Crippen molar-refractivity contribution in [2.24, 2.45) is 0 Å². The number of unbranched alkanes of at least 4 members (excludes halogenated alkanes) is 2. The molecule has 25 heavy (non-hydrogen) atoms. The fourth-order valence-electron chi connectivity index (χ4n) is 2.37. The van der Waals surface area contributed by atoms with Gasteiger partial charge in [0.05, 0.1) is 0 Å². The summed E-state index contributed by atoms with van der Waals surface area (Å²) in [6, 6.07) is 0. The first kappa shape index (κ1) is 23.2. The number of rotatable bonds is 13. The molecule has 0 saturated heterocycles. The van der Waals surface area contributed by atoms with Crippen molar-refractivity contribution in [3.8, 4) is 0 Å². The first-order chi connectivity index (χ1) is 11.9. The zero-order valence-corrected chi connectivity index (χ0v) is 17.3. The maximum absolute atomic E-state index is 4.20. The van der Waals surface area contributed by atoms with E-state index in [4.69, 9.17) is 0 Å². The van der Waals surface area contributed by atoms with Gasteiger partial charge in [-0.1, -0.05) is 48.1 Å². The van der Waals surface area contributed by atoms with Crippen LogP contribution in [0.2, 0.25) is 0 Å². The molecule has 0 amide bonds. The van der Waals surface area contributed by atoms with Crippen LogP contribution in [0, 0.1) is 0 Å². The third kappa shape index (κ3) is 13.2. The van der Waals surface area contributed by atoms with Gasteiger partial charge >= 0.3 is 0 Å². The average Bonchev–Trinajstić information content (AvgIpc) is 2.58.